The highest BCUT2D eigenvalue weighted by Gasteiger charge is 2.25. The number of rotatable bonds is 5. The summed E-state index contributed by atoms with van der Waals surface area (Å²) in [4.78, 5) is 21.4. The van der Waals surface area contributed by atoms with E-state index in [2.05, 4.69) is 30.2 Å². The number of aromatic nitrogens is 4. The average molecular weight is 315 g/mol. The number of nitrogens with one attached hydrogen (secondary N) is 1. The first-order valence-corrected chi connectivity index (χ1v) is 7.53. The second kappa shape index (κ2) is 6.64. The molecule has 2 aromatic heterocycles. The van der Waals surface area contributed by atoms with Gasteiger partial charge >= 0.3 is 0 Å². The van der Waals surface area contributed by atoms with Gasteiger partial charge in [-0.15, -0.1) is 0 Å². The molecule has 0 bridgehead atoms. The molecule has 0 amide bonds. The van der Waals surface area contributed by atoms with Crippen LogP contribution >= 0.6 is 0 Å². The SMILES string of the molecule is COc1cc(NC2CCN(c3nccc(N(C)C)n3)C2)ncn1. The number of methoxy groups -OCH3 is 1. The smallest absolute Gasteiger partial charge is 0.227 e. The van der Waals surface area contributed by atoms with Crippen molar-refractivity contribution in [1.82, 2.24) is 19.9 Å². The lowest BCUT2D eigenvalue weighted by molar-refractivity contribution is 0.397. The number of nitrogens with zero attached hydrogens (tertiary/aromatic N) is 6. The molecule has 0 spiro atoms. The van der Waals surface area contributed by atoms with E-state index in [-0.39, 0.29) is 0 Å². The fourth-order valence-corrected chi connectivity index (χ4v) is 2.54. The summed E-state index contributed by atoms with van der Waals surface area (Å²) in [6, 6.07) is 4.00. The van der Waals surface area contributed by atoms with Gasteiger partial charge in [-0.3, -0.25) is 0 Å². The van der Waals surface area contributed by atoms with Crippen molar-refractivity contribution in [2.75, 3.05) is 49.4 Å². The molecule has 1 fully saturated rings. The molecule has 8 nitrogen and oxygen atoms in total. The van der Waals surface area contributed by atoms with Gasteiger partial charge in [0.1, 0.15) is 18.0 Å². The highest BCUT2D eigenvalue weighted by molar-refractivity contribution is 5.45. The first-order chi connectivity index (χ1) is 11.2. The maximum Gasteiger partial charge on any atom is 0.227 e. The molecule has 122 valence electrons. The fraction of sp³-hybridized carbons (Fsp3) is 0.467. The van der Waals surface area contributed by atoms with E-state index in [0.29, 0.717) is 11.9 Å². The molecule has 1 atom stereocenters. The first kappa shape index (κ1) is 15.3. The van der Waals surface area contributed by atoms with Crippen LogP contribution in [0.25, 0.3) is 0 Å². The molecule has 0 aromatic carbocycles. The Bertz CT molecular complexity index is 664. The lowest BCUT2D eigenvalue weighted by atomic mass is 10.2. The second-order valence-corrected chi connectivity index (χ2v) is 5.63. The van der Waals surface area contributed by atoms with Crippen LogP contribution in [0.5, 0.6) is 5.88 Å². The summed E-state index contributed by atoms with van der Waals surface area (Å²) in [7, 11) is 5.55. The predicted molar refractivity (Wildman–Crippen MR) is 89.2 cm³/mol. The zero-order chi connectivity index (χ0) is 16.2. The average Bonchev–Trinajstić information content (AvgIpc) is 3.03. The van der Waals surface area contributed by atoms with E-state index in [1.165, 1.54) is 6.33 Å². The molecule has 23 heavy (non-hydrogen) atoms. The van der Waals surface area contributed by atoms with Gasteiger partial charge in [-0.05, 0) is 12.5 Å². The van der Waals surface area contributed by atoms with Crippen LogP contribution in [0.4, 0.5) is 17.6 Å². The van der Waals surface area contributed by atoms with Gasteiger partial charge in [0.25, 0.3) is 0 Å². The molecule has 2 aromatic rings. The van der Waals surface area contributed by atoms with Crippen molar-refractivity contribution in [3.63, 3.8) is 0 Å². The van der Waals surface area contributed by atoms with E-state index in [0.717, 1.165) is 37.1 Å². The second-order valence-electron chi connectivity index (χ2n) is 5.63. The standard InChI is InChI=1S/C15H21N7O/c1-21(2)13-4-6-16-15(20-13)22-7-5-11(9-22)19-12-8-14(23-3)18-10-17-12/h4,6,8,10-11H,5,7,9H2,1-3H3,(H,17,18,19). The van der Waals surface area contributed by atoms with Gasteiger partial charge in [-0.2, -0.15) is 4.98 Å². The largest absolute Gasteiger partial charge is 0.481 e. The lowest BCUT2D eigenvalue weighted by Gasteiger charge is -2.19. The minimum Gasteiger partial charge on any atom is -0.481 e. The third-order valence-corrected chi connectivity index (χ3v) is 3.76. The zero-order valence-corrected chi connectivity index (χ0v) is 13.6. The first-order valence-electron chi connectivity index (χ1n) is 7.53. The van der Waals surface area contributed by atoms with Crippen LogP contribution in [0.3, 0.4) is 0 Å². The molecule has 1 aliphatic rings. The molecule has 0 aliphatic carbocycles. The summed E-state index contributed by atoms with van der Waals surface area (Å²) in [5.74, 6) is 3.00. The quantitative estimate of drug-likeness (QED) is 0.876. The zero-order valence-electron chi connectivity index (χ0n) is 13.6. The molecule has 8 heteroatoms. The number of anilines is 3. The summed E-state index contributed by atoms with van der Waals surface area (Å²) in [5.41, 5.74) is 0. The third kappa shape index (κ3) is 3.58. The maximum absolute atomic E-state index is 5.12. The Morgan fingerprint density at radius 3 is 2.96 bits per heavy atom. The van der Waals surface area contributed by atoms with Gasteiger partial charge in [0.05, 0.1) is 7.11 Å². The molecule has 1 N–H and O–H groups in total. The van der Waals surface area contributed by atoms with Gasteiger partial charge in [0, 0.05) is 45.5 Å². The summed E-state index contributed by atoms with van der Waals surface area (Å²) >= 11 is 0. The van der Waals surface area contributed by atoms with Crippen LogP contribution < -0.4 is 19.9 Å². The molecule has 1 unspecified atom stereocenters. The summed E-state index contributed by atoms with van der Waals surface area (Å²) in [6.45, 7) is 1.75. The summed E-state index contributed by atoms with van der Waals surface area (Å²) < 4.78 is 5.12. The van der Waals surface area contributed by atoms with E-state index in [1.807, 2.05) is 25.1 Å². The van der Waals surface area contributed by atoms with Crippen molar-refractivity contribution in [2.45, 2.75) is 12.5 Å². The predicted octanol–water partition coefficient (Wildman–Crippen LogP) is 1.03. The highest BCUT2D eigenvalue weighted by atomic mass is 16.5. The van der Waals surface area contributed by atoms with Crippen LogP contribution in [-0.2, 0) is 0 Å². The molecule has 1 aliphatic heterocycles. The Labute approximate surface area is 135 Å². The van der Waals surface area contributed by atoms with Gasteiger partial charge in [-0.1, -0.05) is 0 Å². The van der Waals surface area contributed by atoms with Crippen molar-refractivity contribution in [1.29, 1.82) is 0 Å². The Balaban J connectivity index is 1.65. The van der Waals surface area contributed by atoms with Gasteiger partial charge < -0.3 is 19.9 Å². The normalized spacial score (nSPS) is 17.2. The van der Waals surface area contributed by atoms with Crippen molar-refractivity contribution in [2.24, 2.45) is 0 Å². The van der Waals surface area contributed by atoms with Crippen molar-refractivity contribution in [3.05, 3.63) is 24.7 Å². The van der Waals surface area contributed by atoms with Crippen LogP contribution in [0.2, 0.25) is 0 Å². The van der Waals surface area contributed by atoms with E-state index in [9.17, 15) is 0 Å². The lowest BCUT2D eigenvalue weighted by Crippen LogP contribution is -2.28. The minimum atomic E-state index is 0.293. The molecule has 3 heterocycles. The molecule has 0 saturated carbocycles. The third-order valence-electron chi connectivity index (χ3n) is 3.76. The topological polar surface area (TPSA) is 79.3 Å². The van der Waals surface area contributed by atoms with E-state index < -0.39 is 0 Å². The minimum absolute atomic E-state index is 0.293. The van der Waals surface area contributed by atoms with Crippen molar-refractivity contribution < 1.29 is 4.74 Å². The summed E-state index contributed by atoms with van der Waals surface area (Å²) in [5, 5.41) is 3.41. The van der Waals surface area contributed by atoms with Crippen LogP contribution in [0.15, 0.2) is 24.7 Å². The van der Waals surface area contributed by atoms with E-state index in [1.54, 1.807) is 19.4 Å². The molecule has 1 saturated heterocycles. The van der Waals surface area contributed by atoms with Crippen LogP contribution in [-0.4, -0.2) is 60.3 Å². The van der Waals surface area contributed by atoms with Crippen molar-refractivity contribution in [3.8, 4) is 5.88 Å². The summed E-state index contributed by atoms with van der Waals surface area (Å²) in [6.07, 6.45) is 4.30. The van der Waals surface area contributed by atoms with E-state index >= 15 is 0 Å². The van der Waals surface area contributed by atoms with Crippen molar-refractivity contribution >= 4 is 17.6 Å². The number of hydrogen-bond acceptors (Lipinski definition) is 8. The molecule has 0 radical (unpaired) electrons. The molecular weight excluding hydrogens is 294 g/mol. The molecular formula is C15H21N7O. The monoisotopic (exact) mass is 315 g/mol. The fourth-order valence-electron chi connectivity index (χ4n) is 2.54. The number of ether oxygens (including phenoxy) is 1. The maximum atomic E-state index is 5.12. The Hall–Kier alpha value is -2.64. The number of hydrogen-bond donors (Lipinski definition) is 1. The van der Waals surface area contributed by atoms with Gasteiger partial charge in [0.2, 0.25) is 11.8 Å². The Morgan fingerprint density at radius 1 is 1.30 bits per heavy atom. The Kier molecular flexibility index (Phi) is 4.40. The van der Waals surface area contributed by atoms with Crippen LogP contribution in [0.1, 0.15) is 6.42 Å². The molecule has 3 rings (SSSR count). The highest BCUT2D eigenvalue weighted by Crippen LogP contribution is 2.21. The van der Waals surface area contributed by atoms with Gasteiger partial charge in [-0.25, -0.2) is 15.0 Å². The van der Waals surface area contributed by atoms with Crippen LogP contribution in [0, 0.1) is 0 Å². The van der Waals surface area contributed by atoms with Gasteiger partial charge in [0.15, 0.2) is 0 Å². The van der Waals surface area contributed by atoms with E-state index in [4.69, 9.17) is 4.74 Å². The Morgan fingerprint density at radius 2 is 2.17 bits per heavy atom.